The zero-order valence-corrected chi connectivity index (χ0v) is 9.51. The van der Waals surface area contributed by atoms with Crippen molar-refractivity contribution in [1.82, 2.24) is 19.7 Å². The van der Waals surface area contributed by atoms with Crippen LogP contribution in [0.2, 0.25) is 0 Å². The van der Waals surface area contributed by atoms with Gasteiger partial charge in [-0.2, -0.15) is 5.10 Å². The fourth-order valence-corrected chi connectivity index (χ4v) is 1.65. The first-order chi connectivity index (χ1) is 7.72. The molecule has 0 aliphatic carbocycles. The monoisotopic (exact) mass is 217 g/mol. The van der Waals surface area contributed by atoms with E-state index in [4.69, 9.17) is 5.73 Å². The minimum Gasteiger partial charge on any atom is -0.384 e. The quantitative estimate of drug-likeness (QED) is 0.848. The highest BCUT2D eigenvalue weighted by molar-refractivity contribution is 5.63. The third-order valence-corrected chi connectivity index (χ3v) is 2.50. The molecule has 0 spiro atoms. The molecule has 0 fully saturated rings. The highest BCUT2D eigenvalue weighted by atomic mass is 15.3. The molecule has 0 unspecified atom stereocenters. The van der Waals surface area contributed by atoms with E-state index in [0.717, 1.165) is 29.9 Å². The number of nitrogens with zero attached hydrogens (tertiary/aromatic N) is 4. The highest BCUT2D eigenvalue weighted by Crippen LogP contribution is 2.21. The molecule has 5 heteroatoms. The molecular weight excluding hydrogens is 202 g/mol. The van der Waals surface area contributed by atoms with Crippen LogP contribution in [-0.4, -0.2) is 19.7 Å². The van der Waals surface area contributed by atoms with Gasteiger partial charge in [0.1, 0.15) is 12.1 Å². The van der Waals surface area contributed by atoms with Gasteiger partial charge in [0.2, 0.25) is 0 Å². The number of aryl methyl sites for hydroxylation is 1. The zero-order valence-electron chi connectivity index (χ0n) is 9.51. The summed E-state index contributed by atoms with van der Waals surface area (Å²) in [6.45, 7) is 5.09. The minimum atomic E-state index is 0.479. The fourth-order valence-electron chi connectivity index (χ4n) is 1.65. The van der Waals surface area contributed by atoms with Crippen LogP contribution in [0.5, 0.6) is 0 Å². The molecule has 0 aliphatic rings. The van der Waals surface area contributed by atoms with Gasteiger partial charge in [0, 0.05) is 23.9 Å². The summed E-state index contributed by atoms with van der Waals surface area (Å²) in [5.41, 5.74) is 8.59. The molecule has 0 radical (unpaired) electrons. The predicted octanol–water partition coefficient (Wildman–Crippen LogP) is 1.64. The largest absolute Gasteiger partial charge is 0.384 e. The van der Waals surface area contributed by atoms with Crippen LogP contribution in [0.15, 0.2) is 18.6 Å². The lowest BCUT2D eigenvalue weighted by Gasteiger charge is -2.03. The maximum atomic E-state index is 5.63. The van der Waals surface area contributed by atoms with Gasteiger partial charge in [-0.05, 0) is 13.3 Å². The van der Waals surface area contributed by atoms with Crippen LogP contribution in [0.3, 0.4) is 0 Å². The number of rotatable bonds is 3. The first-order valence-corrected chi connectivity index (χ1v) is 5.32. The number of nitrogens with two attached hydrogens (primary N) is 1. The molecule has 0 aromatic carbocycles. The Kier molecular flexibility index (Phi) is 2.85. The van der Waals surface area contributed by atoms with Gasteiger partial charge in [0.05, 0.1) is 11.9 Å². The van der Waals surface area contributed by atoms with Crippen molar-refractivity contribution in [3.63, 3.8) is 0 Å². The second-order valence-electron chi connectivity index (χ2n) is 3.69. The molecule has 2 aromatic rings. The van der Waals surface area contributed by atoms with Crippen LogP contribution < -0.4 is 5.73 Å². The van der Waals surface area contributed by atoms with Crippen LogP contribution in [-0.2, 0) is 6.54 Å². The molecule has 0 atom stereocenters. The van der Waals surface area contributed by atoms with Crippen molar-refractivity contribution < 1.29 is 0 Å². The van der Waals surface area contributed by atoms with Gasteiger partial charge in [0.15, 0.2) is 0 Å². The molecule has 2 N–H and O–H groups in total. The van der Waals surface area contributed by atoms with Gasteiger partial charge in [-0.3, -0.25) is 4.68 Å². The van der Waals surface area contributed by atoms with Gasteiger partial charge in [-0.25, -0.2) is 9.97 Å². The molecular formula is C11H15N5. The van der Waals surface area contributed by atoms with Gasteiger partial charge >= 0.3 is 0 Å². The average Bonchev–Trinajstić information content (AvgIpc) is 2.61. The Morgan fingerprint density at radius 3 is 2.88 bits per heavy atom. The van der Waals surface area contributed by atoms with Crippen molar-refractivity contribution in [2.24, 2.45) is 0 Å². The SMILES string of the molecule is CCCn1ncc(-c2cc(N)ncn2)c1C. The zero-order chi connectivity index (χ0) is 11.5. The highest BCUT2D eigenvalue weighted by Gasteiger charge is 2.09. The topological polar surface area (TPSA) is 69.6 Å². The maximum Gasteiger partial charge on any atom is 0.127 e. The lowest BCUT2D eigenvalue weighted by Crippen LogP contribution is -2.01. The number of aromatic nitrogens is 4. The summed E-state index contributed by atoms with van der Waals surface area (Å²) in [4.78, 5) is 8.08. The number of hydrogen-bond donors (Lipinski definition) is 1. The summed E-state index contributed by atoms with van der Waals surface area (Å²) < 4.78 is 1.98. The standard InChI is InChI=1S/C11H15N5/c1-3-4-16-8(2)9(6-15-16)10-5-11(12)14-7-13-10/h5-7H,3-4H2,1-2H3,(H2,12,13,14). The van der Waals surface area contributed by atoms with Crippen molar-refractivity contribution in [3.05, 3.63) is 24.3 Å². The van der Waals surface area contributed by atoms with E-state index in [1.807, 2.05) is 17.8 Å². The molecule has 16 heavy (non-hydrogen) atoms. The van der Waals surface area contributed by atoms with E-state index >= 15 is 0 Å². The van der Waals surface area contributed by atoms with Crippen LogP contribution >= 0.6 is 0 Å². The third-order valence-electron chi connectivity index (χ3n) is 2.50. The third kappa shape index (κ3) is 1.88. The van der Waals surface area contributed by atoms with E-state index < -0.39 is 0 Å². The summed E-state index contributed by atoms with van der Waals surface area (Å²) in [5.74, 6) is 0.479. The summed E-state index contributed by atoms with van der Waals surface area (Å²) in [7, 11) is 0. The second kappa shape index (κ2) is 4.30. The van der Waals surface area contributed by atoms with Gasteiger partial charge in [-0.15, -0.1) is 0 Å². The van der Waals surface area contributed by atoms with Crippen molar-refractivity contribution >= 4 is 5.82 Å². The summed E-state index contributed by atoms with van der Waals surface area (Å²) in [5, 5.41) is 4.33. The summed E-state index contributed by atoms with van der Waals surface area (Å²) >= 11 is 0. The Hall–Kier alpha value is -1.91. The Morgan fingerprint density at radius 2 is 2.19 bits per heavy atom. The Labute approximate surface area is 94.3 Å². The minimum absolute atomic E-state index is 0.479. The molecule has 2 heterocycles. The number of anilines is 1. The van der Waals surface area contributed by atoms with E-state index in [1.54, 1.807) is 6.07 Å². The number of nitrogen functional groups attached to an aromatic ring is 1. The fraction of sp³-hybridized carbons (Fsp3) is 0.364. The predicted molar refractivity (Wildman–Crippen MR) is 62.7 cm³/mol. The van der Waals surface area contributed by atoms with Crippen LogP contribution in [0.4, 0.5) is 5.82 Å². The van der Waals surface area contributed by atoms with Crippen molar-refractivity contribution in [2.75, 3.05) is 5.73 Å². The smallest absolute Gasteiger partial charge is 0.127 e. The van der Waals surface area contributed by atoms with E-state index in [-0.39, 0.29) is 0 Å². The van der Waals surface area contributed by atoms with Crippen LogP contribution in [0, 0.1) is 6.92 Å². The molecule has 0 amide bonds. The molecule has 0 saturated heterocycles. The van der Waals surface area contributed by atoms with E-state index in [2.05, 4.69) is 22.0 Å². The first-order valence-electron chi connectivity index (χ1n) is 5.32. The molecule has 0 bridgehead atoms. The van der Waals surface area contributed by atoms with Crippen molar-refractivity contribution in [2.45, 2.75) is 26.8 Å². The Bertz CT molecular complexity index is 489. The maximum absolute atomic E-state index is 5.63. The lowest BCUT2D eigenvalue weighted by molar-refractivity contribution is 0.587. The summed E-state index contributed by atoms with van der Waals surface area (Å²) in [6, 6.07) is 1.76. The first kappa shape index (κ1) is 10.6. The van der Waals surface area contributed by atoms with Crippen molar-refractivity contribution in [1.29, 1.82) is 0 Å². The molecule has 2 aromatic heterocycles. The normalized spacial score (nSPS) is 10.6. The van der Waals surface area contributed by atoms with Crippen LogP contribution in [0.25, 0.3) is 11.3 Å². The number of hydrogen-bond acceptors (Lipinski definition) is 4. The van der Waals surface area contributed by atoms with Gasteiger partial charge < -0.3 is 5.73 Å². The summed E-state index contributed by atoms with van der Waals surface area (Å²) in [6.07, 6.45) is 4.36. The average molecular weight is 217 g/mol. The molecule has 2 rings (SSSR count). The Balaban J connectivity index is 2.41. The molecule has 0 aliphatic heterocycles. The lowest BCUT2D eigenvalue weighted by atomic mass is 10.2. The van der Waals surface area contributed by atoms with E-state index in [0.29, 0.717) is 5.82 Å². The molecule has 84 valence electrons. The molecule has 0 saturated carbocycles. The van der Waals surface area contributed by atoms with E-state index in [1.165, 1.54) is 6.33 Å². The van der Waals surface area contributed by atoms with E-state index in [9.17, 15) is 0 Å². The van der Waals surface area contributed by atoms with Crippen molar-refractivity contribution in [3.8, 4) is 11.3 Å². The second-order valence-corrected chi connectivity index (χ2v) is 3.69. The molecule has 5 nitrogen and oxygen atoms in total. The van der Waals surface area contributed by atoms with Crippen LogP contribution in [0.1, 0.15) is 19.0 Å². The Morgan fingerprint density at radius 1 is 1.38 bits per heavy atom. The van der Waals surface area contributed by atoms with Gasteiger partial charge in [0.25, 0.3) is 0 Å². The van der Waals surface area contributed by atoms with Gasteiger partial charge in [-0.1, -0.05) is 6.92 Å².